The molecule has 106 valence electrons. The molecular formula is C13H18N6O. The molecule has 0 spiro atoms. The van der Waals surface area contributed by atoms with Crippen LogP contribution in [-0.2, 0) is 0 Å². The van der Waals surface area contributed by atoms with Crippen molar-refractivity contribution in [2.75, 3.05) is 11.1 Å². The maximum Gasteiger partial charge on any atom is 0.323 e. The van der Waals surface area contributed by atoms with Gasteiger partial charge in [0.05, 0.1) is 12.1 Å². The number of anilines is 2. The predicted octanol–water partition coefficient (Wildman–Crippen LogP) is 1.81. The Bertz CT molecular complexity index is 560. The number of nitrogen functional groups attached to an aromatic ring is 1. The highest BCUT2D eigenvalue weighted by Gasteiger charge is 2.10. The van der Waals surface area contributed by atoms with Crippen molar-refractivity contribution in [3.63, 3.8) is 0 Å². The molecular weight excluding hydrogens is 256 g/mol. The average Bonchev–Trinajstić information content (AvgIpc) is 2.38. The standard InChI is InChI=1S/C13H18N6O/c1-8(2)20-13-18-11(14)17-12(19-13)16-9(3)10-4-6-15-7-5-10/h4-9H,1-3H3,(H3,14,16,17,18,19). The molecule has 0 aliphatic heterocycles. The third kappa shape index (κ3) is 3.78. The molecule has 0 fully saturated rings. The van der Waals surface area contributed by atoms with E-state index in [1.165, 1.54) is 0 Å². The van der Waals surface area contributed by atoms with Crippen LogP contribution in [0.3, 0.4) is 0 Å². The quantitative estimate of drug-likeness (QED) is 0.857. The first kappa shape index (κ1) is 14.0. The zero-order chi connectivity index (χ0) is 14.5. The summed E-state index contributed by atoms with van der Waals surface area (Å²) in [7, 11) is 0. The fourth-order valence-electron chi connectivity index (χ4n) is 1.63. The summed E-state index contributed by atoms with van der Waals surface area (Å²) < 4.78 is 5.43. The Morgan fingerprint density at radius 1 is 1.10 bits per heavy atom. The van der Waals surface area contributed by atoms with Gasteiger partial charge in [-0.05, 0) is 38.5 Å². The van der Waals surface area contributed by atoms with E-state index in [0.717, 1.165) is 5.56 Å². The Morgan fingerprint density at radius 2 is 1.80 bits per heavy atom. The first-order valence-electron chi connectivity index (χ1n) is 6.39. The van der Waals surface area contributed by atoms with E-state index in [9.17, 15) is 0 Å². The summed E-state index contributed by atoms with van der Waals surface area (Å²) in [6.07, 6.45) is 3.45. The monoisotopic (exact) mass is 274 g/mol. The fourth-order valence-corrected chi connectivity index (χ4v) is 1.63. The molecule has 0 bridgehead atoms. The van der Waals surface area contributed by atoms with Gasteiger partial charge in [-0.25, -0.2) is 0 Å². The molecule has 0 aromatic carbocycles. The van der Waals surface area contributed by atoms with E-state index in [1.54, 1.807) is 12.4 Å². The highest BCUT2D eigenvalue weighted by Crippen LogP contribution is 2.17. The van der Waals surface area contributed by atoms with Gasteiger partial charge in [-0.3, -0.25) is 4.98 Å². The minimum absolute atomic E-state index is 0.0201. The van der Waals surface area contributed by atoms with Crippen molar-refractivity contribution in [2.45, 2.75) is 32.9 Å². The molecule has 0 aliphatic carbocycles. The van der Waals surface area contributed by atoms with E-state index in [4.69, 9.17) is 10.5 Å². The van der Waals surface area contributed by atoms with Gasteiger partial charge in [0, 0.05) is 12.4 Å². The predicted molar refractivity (Wildman–Crippen MR) is 76.3 cm³/mol. The summed E-state index contributed by atoms with van der Waals surface area (Å²) in [4.78, 5) is 16.2. The fraction of sp³-hybridized carbons (Fsp3) is 0.385. The van der Waals surface area contributed by atoms with Crippen LogP contribution in [0, 0.1) is 0 Å². The Balaban J connectivity index is 2.14. The summed E-state index contributed by atoms with van der Waals surface area (Å²) in [5, 5.41) is 3.16. The van der Waals surface area contributed by atoms with E-state index < -0.39 is 0 Å². The van der Waals surface area contributed by atoms with Gasteiger partial charge in [-0.1, -0.05) is 0 Å². The number of hydrogen-bond donors (Lipinski definition) is 2. The summed E-state index contributed by atoms with van der Waals surface area (Å²) in [6, 6.07) is 4.09. The van der Waals surface area contributed by atoms with Crippen molar-refractivity contribution in [2.24, 2.45) is 0 Å². The Kier molecular flexibility index (Phi) is 4.29. The number of rotatable bonds is 5. The molecule has 2 rings (SSSR count). The maximum absolute atomic E-state index is 5.66. The van der Waals surface area contributed by atoms with E-state index in [0.29, 0.717) is 5.95 Å². The molecule has 2 aromatic heterocycles. The molecule has 3 N–H and O–H groups in total. The summed E-state index contributed by atoms with van der Waals surface area (Å²) >= 11 is 0. The Labute approximate surface area is 117 Å². The third-order valence-electron chi connectivity index (χ3n) is 2.53. The van der Waals surface area contributed by atoms with Crippen molar-refractivity contribution in [3.05, 3.63) is 30.1 Å². The zero-order valence-electron chi connectivity index (χ0n) is 11.7. The molecule has 20 heavy (non-hydrogen) atoms. The molecule has 0 radical (unpaired) electrons. The Hall–Kier alpha value is -2.44. The molecule has 7 heteroatoms. The largest absolute Gasteiger partial charge is 0.461 e. The van der Waals surface area contributed by atoms with Gasteiger partial charge in [0.25, 0.3) is 0 Å². The third-order valence-corrected chi connectivity index (χ3v) is 2.53. The molecule has 0 saturated heterocycles. The smallest absolute Gasteiger partial charge is 0.323 e. The van der Waals surface area contributed by atoms with Gasteiger partial charge < -0.3 is 15.8 Å². The number of nitrogens with two attached hydrogens (primary N) is 1. The van der Waals surface area contributed by atoms with Crippen LogP contribution in [0.1, 0.15) is 32.4 Å². The molecule has 0 aliphatic rings. The highest BCUT2D eigenvalue weighted by atomic mass is 16.5. The van der Waals surface area contributed by atoms with Crippen molar-refractivity contribution in [1.82, 2.24) is 19.9 Å². The Morgan fingerprint density at radius 3 is 2.45 bits per heavy atom. The van der Waals surface area contributed by atoms with Gasteiger partial charge in [0.2, 0.25) is 11.9 Å². The average molecular weight is 274 g/mol. The number of ether oxygens (including phenoxy) is 1. The summed E-state index contributed by atoms with van der Waals surface area (Å²) in [5.74, 6) is 0.512. The SMILES string of the molecule is CC(C)Oc1nc(N)nc(NC(C)c2ccncc2)n1. The van der Waals surface area contributed by atoms with E-state index in [2.05, 4.69) is 25.3 Å². The van der Waals surface area contributed by atoms with Gasteiger partial charge >= 0.3 is 6.01 Å². The van der Waals surface area contributed by atoms with Crippen LogP contribution in [0.2, 0.25) is 0 Å². The summed E-state index contributed by atoms with van der Waals surface area (Å²) in [6.45, 7) is 5.79. The highest BCUT2D eigenvalue weighted by molar-refractivity contribution is 5.35. The van der Waals surface area contributed by atoms with Crippen molar-refractivity contribution in [3.8, 4) is 6.01 Å². The molecule has 0 saturated carbocycles. The van der Waals surface area contributed by atoms with E-state index in [-0.39, 0.29) is 24.1 Å². The van der Waals surface area contributed by atoms with Crippen LogP contribution in [-0.4, -0.2) is 26.0 Å². The molecule has 1 atom stereocenters. The second kappa shape index (κ2) is 6.14. The van der Waals surface area contributed by atoms with Gasteiger partial charge in [-0.2, -0.15) is 15.0 Å². The minimum Gasteiger partial charge on any atom is -0.461 e. The lowest BCUT2D eigenvalue weighted by Gasteiger charge is -2.15. The van der Waals surface area contributed by atoms with Crippen LogP contribution >= 0.6 is 0 Å². The zero-order valence-corrected chi connectivity index (χ0v) is 11.7. The van der Waals surface area contributed by atoms with Crippen molar-refractivity contribution in [1.29, 1.82) is 0 Å². The molecule has 1 unspecified atom stereocenters. The first-order valence-corrected chi connectivity index (χ1v) is 6.39. The molecule has 2 aromatic rings. The summed E-state index contributed by atoms with van der Waals surface area (Å²) in [5.41, 5.74) is 6.73. The lowest BCUT2D eigenvalue weighted by Crippen LogP contribution is -2.14. The van der Waals surface area contributed by atoms with Gasteiger partial charge in [0.1, 0.15) is 0 Å². The number of hydrogen-bond acceptors (Lipinski definition) is 7. The lowest BCUT2D eigenvalue weighted by atomic mass is 10.1. The van der Waals surface area contributed by atoms with Crippen molar-refractivity contribution >= 4 is 11.9 Å². The van der Waals surface area contributed by atoms with Crippen LogP contribution in [0.15, 0.2) is 24.5 Å². The van der Waals surface area contributed by atoms with Gasteiger partial charge in [-0.15, -0.1) is 0 Å². The van der Waals surface area contributed by atoms with Crippen LogP contribution in [0.5, 0.6) is 6.01 Å². The number of nitrogens with one attached hydrogen (secondary N) is 1. The molecule has 0 amide bonds. The lowest BCUT2D eigenvalue weighted by molar-refractivity contribution is 0.222. The first-order chi connectivity index (χ1) is 9.54. The second-order valence-electron chi connectivity index (χ2n) is 4.61. The van der Waals surface area contributed by atoms with Crippen LogP contribution in [0.25, 0.3) is 0 Å². The number of nitrogens with zero attached hydrogens (tertiary/aromatic N) is 4. The van der Waals surface area contributed by atoms with E-state index in [1.807, 2.05) is 32.9 Å². The minimum atomic E-state index is -0.0257. The number of pyridine rings is 1. The van der Waals surface area contributed by atoms with Gasteiger partial charge in [0.15, 0.2) is 0 Å². The van der Waals surface area contributed by atoms with E-state index >= 15 is 0 Å². The van der Waals surface area contributed by atoms with Crippen LogP contribution < -0.4 is 15.8 Å². The normalized spacial score (nSPS) is 12.2. The second-order valence-corrected chi connectivity index (χ2v) is 4.61. The van der Waals surface area contributed by atoms with Crippen LogP contribution in [0.4, 0.5) is 11.9 Å². The molecule has 2 heterocycles. The topological polar surface area (TPSA) is 98.8 Å². The number of aromatic nitrogens is 4. The van der Waals surface area contributed by atoms with Crippen molar-refractivity contribution < 1.29 is 4.74 Å². The molecule has 7 nitrogen and oxygen atoms in total. The maximum atomic E-state index is 5.66.